The van der Waals surface area contributed by atoms with Crippen LogP contribution in [0, 0.1) is 0 Å². The Morgan fingerprint density at radius 1 is 1.07 bits per heavy atom. The van der Waals surface area contributed by atoms with Gasteiger partial charge < -0.3 is 4.74 Å². The first-order chi connectivity index (χ1) is 12.9. The van der Waals surface area contributed by atoms with Crippen molar-refractivity contribution in [2.75, 3.05) is 13.2 Å². The van der Waals surface area contributed by atoms with Crippen molar-refractivity contribution in [2.24, 2.45) is 0 Å². The van der Waals surface area contributed by atoms with Gasteiger partial charge >= 0.3 is 16.4 Å². The summed E-state index contributed by atoms with van der Waals surface area (Å²) < 4.78 is 34.2. The predicted molar refractivity (Wildman–Crippen MR) is 96.2 cm³/mol. The second-order valence-corrected chi connectivity index (χ2v) is 7.95. The van der Waals surface area contributed by atoms with Gasteiger partial charge in [-0.25, -0.2) is 4.79 Å². The molecule has 0 radical (unpaired) electrons. The first-order valence-electron chi connectivity index (χ1n) is 8.44. The number of nitrogens with zero attached hydrogens (tertiary/aromatic N) is 1. The fourth-order valence-corrected chi connectivity index (χ4v) is 4.76. The lowest BCUT2D eigenvalue weighted by molar-refractivity contribution is -0.120. The van der Waals surface area contributed by atoms with Crippen LogP contribution in [0.5, 0.6) is 0 Å². The Hall–Kier alpha value is -2.71. The maximum Gasteiger partial charge on any atom is 0.426 e. The molecule has 0 bridgehead atoms. The number of carbonyl (C=O) groups excluding carboxylic acids is 2. The molecule has 7 nitrogen and oxygen atoms in total. The van der Waals surface area contributed by atoms with Gasteiger partial charge in [0, 0.05) is 5.92 Å². The maximum atomic E-state index is 12.4. The van der Waals surface area contributed by atoms with Gasteiger partial charge in [0.25, 0.3) is 0 Å². The van der Waals surface area contributed by atoms with E-state index in [-0.39, 0.29) is 19.1 Å². The molecule has 140 valence electrons. The summed E-state index contributed by atoms with van der Waals surface area (Å²) in [4.78, 5) is 24.1. The molecule has 0 spiro atoms. The summed E-state index contributed by atoms with van der Waals surface area (Å²) in [6.45, 7) is 0.782. The summed E-state index contributed by atoms with van der Waals surface area (Å²) in [7, 11) is -4.31. The summed E-state index contributed by atoms with van der Waals surface area (Å²) in [5.41, 5.74) is 4.14. The van der Waals surface area contributed by atoms with Crippen molar-refractivity contribution in [1.82, 2.24) is 4.31 Å². The van der Waals surface area contributed by atoms with Crippen LogP contribution < -0.4 is 0 Å². The highest BCUT2D eigenvalue weighted by molar-refractivity contribution is 7.85. The lowest BCUT2D eigenvalue weighted by Gasteiger charge is -2.20. The van der Waals surface area contributed by atoms with Crippen LogP contribution in [-0.4, -0.2) is 43.9 Å². The predicted octanol–water partition coefficient (Wildman–Crippen LogP) is 2.47. The Morgan fingerprint density at radius 3 is 2.19 bits per heavy atom. The number of ketones is 1. The minimum atomic E-state index is -4.31. The average Bonchev–Trinajstić information content (AvgIpc) is 3.14. The molecule has 8 heteroatoms. The molecule has 27 heavy (non-hydrogen) atoms. The van der Waals surface area contributed by atoms with Gasteiger partial charge in [0.05, 0.1) is 6.61 Å². The molecule has 0 N–H and O–H groups in total. The van der Waals surface area contributed by atoms with Crippen molar-refractivity contribution in [3.63, 3.8) is 0 Å². The second kappa shape index (κ2) is 6.47. The van der Waals surface area contributed by atoms with E-state index in [1.165, 1.54) is 6.92 Å². The first kappa shape index (κ1) is 17.7. The van der Waals surface area contributed by atoms with E-state index >= 15 is 0 Å². The minimum absolute atomic E-state index is 0.0382. The van der Waals surface area contributed by atoms with Gasteiger partial charge in [0.15, 0.2) is 5.78 Å². The number of ether oxygens (including phenoxy) is 1. The van der Waals surface area contributed by atoms with Crippen LogP contribution in [0.15, 0.2) is 48.5 Å². The SMILES string of the molecule is CC(=O)[C@@H]1COS(=O)(=O)N1C(=O)OCC1c2ccccc2-c2ccccc21. The Bertz CT molecular complexity index is 987. The number of benzene rings is 2. The van der Waals surface area contributed by atoms with Gasteiger partial charge in [-0.15, -0.1) is 0 Å². The number of hydrogen-bond acceptors (Lipinski definition) is 6. The van der Waals surface area contributed by atoms with Gasteiger partial charge in [0.1, 0.15) is 12.6 Å². The van der Waals surface area contributed by atoms with E-state index in [2.05, 4.69) is 4.18 Å². The molecule has 0 aromatic heterocycles. The smallest absolute Gasteiger partial charge is 0.426 e. The van der Waals surface area contributed by atoms with Crippen LogP contribution in [0.3, 0.4) is 0 Å². The van der Waals surface area contributed by atoms with Crippen molar-refractivity contribution >= 4 is 22.2 Å². The first-order valence-corrected chi connectivity index (χ1v) is 9.81. The third kappa shape index (κ3) is 2.90. The van der Waals surface area contributed by atoms with Crippen molar-refractivity contribution < 1.29 is 26.9 Å². The summed E-state index contributed by atoms with van der Waals surface area (Å²) in [6.07, 6.45) is -1.10. The molecule has 1 aliphatic carbocycles. The van der Waals surface area contributed by atoms with Gasteiger partial charge in [-0.05, 0) is 29.2 Å². The number of rotatable bonds is 3. The molecule has 1 aliphatic heterocycles. The van der Waals surface area contributed by atoms with Crippen molar-refractivity contribution in [2.45, 2.75) is 18.9 Å². The second-order valence-electron chi connectivity index (χ2n) is 6.47. The number of hydrogen-bond donors (Lipinski definition) is 0. The third-order valence-electron chi connectivity index (χ3n) is 4.88. The van der Waals surface area contributed by atoms with E-state index in [9.17, 15) is 18.0 Å². The van der Waals surface area contributed by atoms with E-state index in [1.54, 1.807) is 0 Å². The Morgan fingerprint density at radius 2 is 1.63 bits per heavy atom. The van der Waals surface area contributed by atoms with Crippen LogP contribution in [0.2, 0.25) is 0 Å². The molecule has 1 atom stereocenters. The molecule has 1 saturated heterocycles. The Balaban J connectivity index is 1.59. The average molecular weight is 387 g/mol. The Kier molecular flexibility index (Phi) is 4.24. The number of Topliss-reactive ketones (excluding diaryl/α,β-unsaturated/α-hetero) is 1. The highest BCUT2D eigenvalue weighted by atomic mass is 32.2. The molecule has 1 amide bonds. The van der Waals surface area contributed by atoms with Crippen LogP contribution in [0.25, 0.3) is 11.1 Å². The minimum Gasteiger partial charge on any atom is -0.448 e. The zero-order valence-electron chi connectivity index (χ0n) is 14.5. The van der Waals surface area contributed by atoms with E-state index in [1.807, 2.05) is 48.5 Å². The third-order valence-corrected chi connectivity index (χ3v) is 6.20. The molecular formula is C19H17NO6S. The normalized spacial score (nSPS) is 20.2. The lowest BCUT2D eigenvalue weighted by atomic mass is 9.98. The zero-order valence-corrected chi connectivity index (χ0v) is 15.3. The molecule has 0 unspecified atom stereocenters. The summed E-state index contributed by atoms with van der Waals surface area (Å²) in [5.74, 6) is -0.687. The standard InChI is InChI=1S/C19H17NO6S/c1-12(21)18-11-26-27(23,24)20(18)19(22)25-10-17-15-8-4-2-6-13(15)14-7-3-5-9-16(14)17/h2-9,17-18H,10-11H2,1H3/t18-/m0/s1. The van der Waals surface area contributed by atoms with E-state index in [0.717, 1.165) is 22.3 Å². The summed E-state index contributed by atoms with van der Waals surface area (Å²) >= 11 is 0. The maximum absolute atomic E-state index is 12.4. The van der Waals surface area contributed by atoms with Crippen molar-refractivity contribution in [3.05, 3.63) is 59.7 Å². The summed E-state index contributed by atoms with van der Waals surface area (Å²) in [5, 5.41) is 0. The van der Waals surface area contributed by atoms with Gasteiger partial charge in [-0.1, -0.05) is 48.5 Å². The van der Waals surface area contributed by atoms with Gasteiger partial charge in [0.2, 0.25) is 0 Å². The monoisotopic (exact) mass is 387 g/mol. The van der Waals surface area contributed by atoms with Crippen molar-refractivity contribution in [3.8, 4) is 11.1 Å². The molecule has 2 aromatic rings. The van der Waals surface area contributed by atoms with Crippen LogP contribution in [-0.2, 0) is 24.0 Å². The molecule has 2 aromatic carbocycles. The molecule has 1 fully saturated rings. The van der Waals surface area contributed by atoms with Gasteiger partial charge in [-0.2, -0.15) is 12.7 Å². The highest BCUT2D eigenvalue weighted by Gasteiger charge is 2.46. The molecule has 2 aliphatic rings. The highest BCUT2D eigenvalue weighted by Crippen LogP contribution is 2.44. The Labute approximate surface area is 156 Å². The molecular weight excluding hydrogens is 370 g/mol. The van der Waals surface area contributed by atoms with E-state index < -0.39 is 28.2 Å². The quantitative estimate of drug-likeness (QED) is 0.804. The number of carbonyl (C=O) groups is 2. The molecule has 4 rings (SSSR count). The van der Waals surface area contributed by atoms with Crippen LogP contribution in [0.4, 0.5) is 4.79 Å². The largest absolute Gasteiger partial charge is 0.448 e. The number of amides is 1. The molecule has 1 heterocycles. The fraction of sp³-hybridized carbons (Fsp3) is 0.263. The van der Waals surface area contributed by atoms with E-state index in [4.69, 9.17) is 4.74 Å². The van der Waals surface area contributed by atoms with Crippen LogP contribution >= 0.6 is 0 Å². The number of fused-ring (bicyclic) bond motifs is 3. The lowest BCUT2D eigenvalue weighted by Crippen LogP contribution is -2.43. The topological polar surface area (TPSA) is 90.0 Å². The zero-order chi connectivity index (χ0) is 19.2. The van der Waals surface area contributed by atoms with Crippen LogP contribution in [0.1, 0.15) is 24.0 Å². The van der Waals surface area contributed by atoms with Crippen molar-refractivity contribution in [1.29, 1.82) is 0 Å². The summed E-state index contributed by atoms with van der Waals surface area (Å²) in [6, 6.07) is 14.4. The fourth-order valence-electron chi connectivity index (χ4n) is 3.59. The van der Waals surface area contributed by atoms with Gasteiger partial charge in [-0.3, -0.25) is 8.98 Å². The molecule has 0 saturated carbocycles. The van der Waals surface area contributed by atoms with E-state index in [0.29, 0.717) is 4.31 Å².